The van der Waals surface area contributed by atoms with Crippen molar-refractivity contribution in [2.75, 3.05) is 19.8 Å². The first-order valence-electron chi connectivity index (χ1n) is 7.01. The fourth-order valence-electron chi connectivity index (χ4n) is 1.70. The highest BCUT2D eigenvalue weighted by atomic mass is 16.5. The Morgan fingerprint density at radius 3 is 2.53 bits per heavy atom. The molecule has 0 bridgehead atoms. The SMILES string of the molecule is CCNCc1cccc(COCCOC(C)(C)C)c1. The second-order valence-electron chi connectivity index (χ2n) is 5.61. The van der Waals surface area contributed by atoms with Crippen LogP contribution >= 0.6 is 0 Å². The Bertz CT molecular complexity index is 358. The average Bonchev–Trinajstić information content (AvgIpc) is 2.35. The van der Waals surface area contributed by atoms with Crippen LogP contribution in [0.5, 0.6) is 0 Å². The number of ether oxygens (including phenoxy) is 2. The molecule has 0 saturated heterocycles. The van der Waals surface area contributed by atoms with Crippen molar-refractivity contribution in [3.63, 3.8) is 0 Å². The lowest BCUT2D eigenvalue weighted by Crippen LogP contribution is -2.21. The molecule has 0 unspecified atom stereocenters. The van der Waals surface area contributed by atoms with Gasteiger partial charge in [-0.1, -0.05) is 31.2 Å². The Hall–Kier alpha value is -0.900. The number of nitrogens with one attached hydrogen (secondary N) is 1. The van der Waals surface area contributed by atoms with Crippen molar-refractivity contribution in [2.45, 2.75) is 46.4 Å². The summed E-state index contributed by atoms with van der Waals surface area (Å²) < 4.78 is 11.2. The normalized spacial score (nSPS) is 11.8. The summed E-state index contributed by atoms with van der Waals surface area (Å²) in [6.45, 7) is 12.1. The Morgan fingerprint density at radius 1 is 1.11 bits per heavy atom. The monoisotopic (exact) mass is 265 g/mol. The lowest BCUT2D eigenvalue weighted by atomic mass is 10.1. The van der Waals surface area contributed by atoms with Gasteiger partial charge in [0, 0.05) is 6.54 Å². The van der Waals surface area contributed by atoms with Gasteiger partial charge in [-0.15, -0.1) is 0 Å². The largest absolute Gasteiger partial charge is 0.374 e. The zero-order valence-electron chi connectivity index (χ0n) is 12.7. The van der Waals surface area contributed by atoms with Gasteiger partial charge in [0.2, 0.25) is 0 Å². The van der Waals surface area contributed by atoms with Crippen LogP contribution in [0.4, 0.5) is 0 Å². The predicted octanol–water partition coefficient (Wildman–Crippen LogP) is 3.13. The Kier molecular flexibility index (Phi) is 7.06. The molecule has 0 heterocycles. The molecule has 3 heteroatoms. The topological polar surface area (TPSA) is 30.5 Å². The predicted molar refractivity (Wildman–Crippen MR) is 79.2 cm³/mol. The molecule has 0 amide bonds. The fraction of sp³-hybridized carbons (Fsp3) is 0.625. The van der Waals surface area contributed by atoms with Crippen LogP contribution in [0.2, 0.25) is 0 Å². The molecule has 108 valence electrons. The van der Waals surface area contributed by atoms with Crippen molar-refractivity contribution in [3.05, 3.63) is 35.4 Å². The standard InChI is InChI=1S/C16H27NO2/c1-5-17-12-14-7-6-8-15(11-14)13-18-9-10-19-16(2,3)4/h6-8,11,17H,5,9-10,12-13H2,1-4H3. The summed E-state index contributed by atoms with van der Waals surface area (Å²) in [6, 6.07) is 8.50. The molecule has 0 aliphatic rings. The van der Waals surface area contributed by atoms with E-state index in [1.165, 1.54) is 11.1 Å². The highest BCUT2D eigenvalue weighted by Crippen LogP contribution is 2.08. The van der Waals surface area contributed by atoms with Crippen LogP contribution in [0.1, 0.15) is 38.8 Å². The van der Waals surface area contributed by atoms with Crippen LogP contribution < -0.4 is 5.32 Å². The van der Waals surface area contributed by atoms with Crippen molar-refractivity contribution in [1.29, 1.82) is 0 Å². The Labute approximate surface area is 117 Å². The highest BCUT2D eigenvalue weighted by Gasteiger charge is 2.08. The molecule has 0 spiro atoms. The van der Waals surface area contributed by atoms with Crippen LogP contribution in [0.25, 0.3) is 0 Å². The quantitative estimate of drug-likeness (QED) is 0.733. The summed E-state index contributed by atoms with van der Waals surface area (Å²) in [7, 11) is 0. The van der Waals surface area contributed by atoms with Gasteiger partial charge in [-0.05, 0) is 38.4 Å². The van der Waals surface area contributed by atoms with E-state index in [1.807, 2.05) is 0 Å². The minimum atomic E-state index is -0.0882. The molecular weight excluding hydrogens is 238 g/mol. The molecule has 0 fully saturated rings. The summed E-state index contributed by atoms with van der Waals surface area (Å²) >= 11 is 0. The minimum Gasteiger partial charge on any atom is -0.374 e. The molecule has 1 aromatic carbocycles. The maximum atomic E-state index is 5.63. The van der Waals surface area contributed by atoms with Crippen LogP contribution in [0.3, 0.4) is 0 Å². The molecule has 0 aromatic heterocycles. The van der Waals surface area contributed by atoms with Crippen molar-refractivity contribution < 1.29 is 9.47 Å². The first-order chi connectivity index (χ1) is 9.01. The van der Waals surface area contributed by atoms with E-state index in [4.69, 9.17) is 9.47 Å². The molecule has 0 aliphatic heterocycles. The van der Waals surface area contributed by atoms with Crippen LogP contribution in [0.15, 0.2) is 24.3 Å². The number of rotatable bonds is 8. The van der Waals surface area contributed by atoms with Gasteiger partial charge in [-0.3, -0.25) is 0 Å². The summed E-state index contributed by atoms with van der Waals surface area (Å²) in [4.78, 5) is 0. The van der Waals surface area contributed by atoms with Gasteiger partial charge in [0.1, 0.15) is 0 Å². The van der Waals surface area contributed by atoms with E-state index in [9.17, 15) is 0 Å². The third-order valence-electron chi connectivity index (χ3n) is 2.60. The molecule has 1 N–H and O–H groups in total. The van der Waals surface area contributed by atoms with E-state index < -0.39 is 0 Å². The van der Waals surface area contributed by atoms with Crippen molar-refractivity contribution in [1.82, 2.24) is 5.32 Å². The summed E-state index contributed by atoms with van der Waals surface area (Å²) in [5, 5.41) is 3.32. The van der Waals surface area contributed by atoms with E-state index in [0.29, 0.717) is 19.8 Å². The zero-order valence-corrected chi connectivity index (χ0v) is 12.7. The molecule has 0 saturated carbocycles. The zero-order chi connectivity index (χ0) is 14.1. The van der Waals surface area contributed by atoms with Gasteiger partial charge in [0.05, 0.1) is 25.4 Å². The second kappa shape index (κ2) is 8.31. The van der Waals surface area contributed by atoms with Crippen LogP contribution in [0, 0.1) is 0 Å². The van der Waals surface area contributed by atoms with Crippen molar-refractivity contribution in [3.8, 4) is 0 Å². The van der Waals surface area contributed by atoms with Gasteiger partial charge in [0.15, 0.2) is 0 Å². The first-order valence-corrected chi connectivity index (χ1v) is 7.01. The molecule has 1 aromatic rings. The Balaban J connectivity index is 2.25. The van der Waals surface area contributed by atoms with E-state index in [2.05, 4.69) is 57.3 Å². The van der Waals surface area contributed by atoms with E-state index >= 15 is 0 Å². The molecular formula is C16H27NO2. The van der Waals surface area contributed by atoms with Gasteiger partial charge in [-0.2, -0.15) is 0 Å². The molecule has 0 radical (unpaired) electrons. The third kappa shape index (κ3) is 7.98. The number of hydrogen-bond donors (Lipinski definition) is 1. The molecule has 1 rings (SSSR count). The Morgan fingerprint density at radius 2 is 1.84 bits per heavy atom. The molecule has 3 nitrogen and oxygen atoms in total. The van der Waals surface area contributed by atoms with E-state index in [0.717, 1.165) is 13.1 Å². The third-order valence-corrected chi connectivity index (χ3v) is 2.60. The highest BCUT2D eigenvalue weighted by molar-refractivity contribution is 5.22. The minimum absolute atomic E-state index is 0.0882. The van der Waals surface area contributed by atoms with Crippen molar-refractivity contribution >= 4 is 0 Å². The van der Waals surface area contributed by atoms with E-state index in [-0.39, 0.29) is 5.60 Å². The molecule has 0 atom stereocenters. The second-order valence-corrected chi connectivity index (χ2v) is 5.61. The lowest BCUT2D eigenvalue weighted by Gasteiger charge is -2.19. The summed E-state index contributed by atoms with van der Waals surface area (Å²) in [5.41, 5.74) is 2.43. The van der Waals surface area contributed by atoms with Crippen molar-refractivity contribution in [2.24, 2.45) is 0 Å². The molecule has 19 heavy (non-hydrogen) atoms. The van der Waals surface area contributed by atoms with Gasteiger partial charge >= 0.3 is 0 Å². The van der Waals surface area contributed by atoms with Gasteiger partial charge in [0.25, 0.3) is 0 Å². The van der Waals surface area contributed by atoms with Gasteiger partial charge in [-0.25, -0.2) is 0 Å². The maximum absolute atomic E-state index is 5.63. The van der Waals surface area contributed by atoms with E-state index in [1.54, 1.807) is 0 Å². The summed E-state index contributed by atoms with van der Waals surface area (Å²) in [6.07, 6.45) is 0. The van der Waals surface area contributed by atoms with Gasteiger partial charge < -0.3 is 14.8 Å². The molecule has 0 aliphatic carbocycles. The number of benzene rings is 1. The van der Waals surface area contributed by atoms with Crippen LogP contribution in [-0.4, -0.2) is 25.4 Å². The number of hydrogen-bond acceptors (Lipinski definition) is 3. The summed E-state index contributed by atoms with van der Waals surface area (Å²) in [5.74, 6) is 0. The first kappa shape index (κ1) is 16.2. The smallest absolute Gasteiger partial charge is 0.0718 e. The van der Waals surface area contributed by atoms with Crippen LogP contribution in [-0.2, 0) is 22.6 Å². The average molecular weight is 265 g/mol. The fourth-order valence-corrected chi connectivity index (χ4v) is 1.70. The lowest BCUT2D eigenvalue weighted by molar-refractivity contribution is -0.0376. The maximum Gasteiger partial charge on any atom is 0.0718 e.